The molecule has 0 aliphatic heterocycles. The van der Waals surface area contributed by atoms with Gasteiger partial charge in [-0.25, -0.2) is 9.78 Å². The summed E-state index contributed by atoms with van der Waals surface area (Å²) in [6.45, 7) is 0.515. The Hall–Kier alpha value is -2.80. The van der Waals surface area contributed by atoms with Crippen LogP contribution in [-0.2, 0) is 20.6 Å². The maximum atomic E-state index is 12.8. The van der Waals surface area contributed by atoms with Crippen LogP contribution in [-0.4, -0.2) is 24.9 Å². The Morgan fingerprint density at radius 1 is 1.00 bits per heavy atom. The van der Waals surface area contributed by atoms with E-state index in [-0.39, 0.29) is 11.2 Å². The molecule has 7 heteroatoms. The highest BCUT2D eigenvalue weighted by Gasteiger charge is 2.19. The van der Waals surface area contributed by atoms with Crippen LogP contribution in [0.15, 0.2) is 57.2 Å². The van der Waals surface area contributed by atoms with Crippen LogP contribution in [0.2, 0.25) is 0 Å². The van der Waals surface area contributed by atoms with Crippen molar-refractivity contribution in [3.05, 3.63) is 68.9 Å². The largest absolute Gasteiger partial charge is 0.332 e. The second kappa shape index (κ2) is 6.17. The van der Waals surface area contributed by atoms with Gasteiger partial charge in [-0.1, -0.05) is 54.2 Å². The molecule has 26 heavy (non-hydrogen) atoms. The predicted octanol–water partition coefficient (Wildman–Crippen LogP) is 2.36. The van der Waals surface area contributed by atoms with E-state index < -0.39 is 0 Å². The molecule has 132 valence electrons. The smallest absolute Gasteiger partial charge is 0.309 e. The molecule has 0 atom stereocenters. The molecule has 0 unspecified atom stereocenters. The number of fused-ring (bicyclic) bond motifs is 2. The molecular weight excluding hydrogens is 348 g/mol. The summed E-state index contributed by atoms with van der Waals surface area (Å²) >= 11 is 1.46. The molecule has 0 N–H and O–H groups in total. The molecule has 0 radical (unpaired) electrons. The van der Waals surface area contributed by atoms with Gasteiger partial charge in [0.15, 0.2) is 16.3 Å². The van der Waals surface area contributed by atoms with Gasteiger partial charge in [0, 0.05) is 14.1 Å². The summed E-state index contributed by atoms with van der Waals surface area (Å²) in [5.74, 6) is 0. The van der Waals surface area contributed by atoms with Gasteiger partial charge in [-0.15, -0.1) is 0 Å². The number of aryl methyl sites for hydroxylation is 1. The lowest BCUT2D eigenvalue weighted by atomic mass is 10.0. The number of hydrogen-bond donors (Lipinski definition) is 0. The number of benzene rings is 2. The monoisotopic (exact) mass is 366 g/mol. The first-order valence-corrected chi connectivity index (χ1v) is 9.42. The van der Waals surface area contributed by atoms with Crippen molar-refractivity contribution in [2.24, 2.45) is 14.1 Å². The third kappa shape index (κ3) is 2.39. The summed E-state index contributed by atoms with van der Waals surface area (Å²) < 4.78 is 4.47. The van der Waals surface area contributed by atoms with Gasteiger partial charge in [-0.3, -0.25) is 13.9 Å². The molecule has 0 aliphatic carbocycles. The topological polar surface area (TPSA) is 61.8 Å². The summed E-state index contributed by atoms with van der Waals surface area (Å²) in [7, 11) is 3.14. The van der Waals surface area contributed by atoms with E-state index in [2.05, 4.69) is 29.2 Å². The zero-order valence-corrected chi connectivity index (χ0v) is 15.6. The molecule has 2 aromatic carbocycles. The van der Waals surface area contributed by atoms with E-state index in [4.69, 9.17) is 0 Å². The van der Waals surface area contributed by atoms with Crippen LogP contribution in [0.5, 0.6) is 0 Å². The molecule has 0 saturated heterocycles. The van der Waals surface area contributed by atoms with E-state index >= 15 is 0 Å². The van der Waals surface area contributed by atoms with E-state index in [1.165, 1.54) is 23.4 Å². The third-order valence-electron chi connectivity index (χ3n) is 4.70. The molecule has 6 nitrogen and oxygen atoms in total. The second-order valence-electron chi connectivity index (χ2n) is 6.20. The molecule has 0 saturated carbocycles. The Morgan fingerprint density at radius 2 is 1.73 bits per heavy atom. The molecule has 0 bridgehead atoms. The zero-order chi connectivity index (χ0) is 18.4. The quantitative estimate of drug-likeness (QED) is 0.522. The van der Waals surface area contributed by atoms with Crippen LogP contribution in [0.25, 0.3) is 21.9 Å². The summed E-state index contributed by atoms with van der Waals surface area (Å²) in [5, 5.41) is 3.01. The first-order chi connectivity index (χ1) is 12.5. The van der Waals surface area contributed by atoms with Gasteiger partial charge in [0.05, 0.1) is 6.54 Å². The van der Waals surface area contributed by atoms with Gasteiger partial charge >= 0.3 is 5.69 Å². The van der Waals surface area contributed by atoms with Crippen LogP contribution < -0.4 is 11.2 Å². The third-order valence-corrected chi connectivity index (χ3v) is 5.38. The van der Waals surface area contributed by atoms with Crippen LogP contribution in [0, 0.1) is 0 Å². The highest BCUT2D eigenvalue weighted by molar-refractivity contribution is 7.98. The fraction of sp³-hybridized carbons (Fsp3) is 0.211. The Morgan fingerprint density at radius 3 is 2.50 bits per heavy atom. The number of nitrogens with zero attached hydrogens (tertiary/aromatic N) is 4. The van der Waals surface area contributed by atoms with Gasteiger partial charge in [0.2, 0.25) is 0 Å². The highest BCUT2D eigenvalue weighted by atomic mass is 32.2. The Bertz CT molecular complexity index is 1260. The minimum atomic E-state index is -0.370. The van der Waals surface area contributed by atoms with Crippen LogP contribution in [0.3, 0.4) is 0 Å². The first kappa shape index (κ1) is 16.7. The number of aromatic nitrogens is 4. The SMILES string of the molecule is CSc1nc2c(c(=O)n(C)c(=O)n2C)n1Cc1cccc2ccccc12. The summed E-state index contributed by atoms with van der Waals surface area (Å²) in [6.07, 6.45) is 1.92. The van der Waals surface area contributed by atoms with Crippen molar-refractivity contribution in [2.45, 2.75) is 11.7 Å². The fourth-order valence-electron chi connectivity index (χ4n) is 3.33. The molecule has 2 heterocycles. The van der Waals surface area contributed by atoms with Gasteiger partial charge in [-0.05, 0) is 22.6 Å². The zero-order valence-electron chi connectivity index (χ0n) is 14.8. The standard InChI is InChI=1S/C19H18N4O2S/c1-21-16-15(17(24)22(2)19(21)25)23(18(20-16)26-3)11-13-9-6-8-12-7-4-5-10-14(12)13/h4-10H,11H2,1-3H3. The minimum absolute atomic E-state index is 0.323. The van der Waals surface area contributed by atoms with Crippen molar-refractivity contribution in [1.82, 2.24) is 18.7 Å². The molecule has 0 aliphatic rings. The van der Waals surface area contributed by atoms with Crippen molar-refractivity contribution in [1.29, 1.82) is 0 Å². The maximum Gasteiger partial charge on any atom is 0.332 e. The molecule has 0 spiro atoms. The summed E-state index contributed by atoms with van der Waals surface area (Å²) in [5.41, 5.74) is 1.28. The van der Waals surface area contributed by atoms with Gasteiger partial charge in [0.25, 0.3) is 5.56 Å². The predicted molar refractivity (Wildman–Crippen MR) is 105 cm³/mol. The van der Waals surface area contributed by atoms with Crippen molar-refractivity contribution in [2.75, 3.05) is 6.26 Å². The molecule has 0 fully saturated rings. The highest BCUT2D eigenvalue weighted by Crippen LogP contribution is 2.24. The number of thioether (sulfide) groups is 1. The Kier molecular flexibility index (Phi) is 3.96. The average molecular weight is 366 g/mol. The van der Waals surface area contributed by atoms with E-state index in [9.17, 15) is 9.59 Å². The first-order valence-electron chi connectivity index (χ1n) is 8.20. The van der Waals surface area contributed by atoms with Crippen LogP contribution >= 0.6 is 11.8 Å². The van der Waals surface area contributed by atoms with Crippen molar-refractivity contribution in [3.63, 3.8) is 0 Å². The molecule has 4 aromatic rings. The van der Waals surface area contributed by atoms with Gasteiger partial charge in [0.1, 0.15) is 0 Å². The Balaban J connectivity index is 2.02. The molecule has 0 amide bonds. The number of imidazole rings is 1. The fourth-order valence-corrected chi connectivity index (χ4v) is 3.88. The molecule has 4 rings (SSSR count). The normalized spacial score (nSPS) is 11.5. The van der Waals surface area contributed by atoms with E-state index in [1.807, 2.05) is 29.0 Å². The van der Waals surface area contributed by atoms with Crippen molar-refractivity contribution >= 4 is 33.7 Å². The lowest BCUT2D eigenvalue weighted by Crippen LogP contribution is -2.37. The minimum Gasteiger partial charge on any atom is -0.309 e. The number of hydrogen-bond acceptors (Lipinski definition) is 4. The van der Waals surface area contributed by atoms with Crippen LogP contribution in [0.4, 0.5) is 0 Å². The Labute approximate surface area is 153 Å². The van der Waals surface area contributed by atoms with Crippen molar-refractivity contribution in [3.8, 4) is 0 Å². The van der Waals surface area contributed by atoms with E-state index in [1.54, 1.807) is 7.05 Å². The van der Waals surface area contributed by atoms with Crippen molar-refractivity contribution < 1.29 is 0 Å². The summed E-state index contributed by atoms with van der Waals surface area (Å²) in [4.78, 5) is 29.5. The lowest BCUT2D eigenvalue weighted by molar-refractivity contribution is 0.697. The van der Waals surface area contributed by atoms with Crippen LogP contribution in [0.1, 0.15) is 5.56 Å². The number of rotatable bonds is 3. The van der Waals surface area contributed by atoms with E-state index in [0.29, 0.717) is 22.9 Å². The second-order valence-corrected chi connectivity index (χ2v) is 6.97. The lowest BCUT2D eigenvalue weighted by Gasteiger charge is -2.11. The summed E-state index contributed by atoms with van der Waals surface area (Å²) in [6, 6.07) is 14.3. The van der Waals surface area contributed by atoms with Gasteiger partial charge in [-0.2, -0.15) is 0 Å². The molecular formula is C19H18N4O2S. The average Bonchev–Trinajstić information content (AvgIpc) is 3.03. The van der Waals surface area contributed by atoms with E-state index in [0.717, 1.165) is 20.9 Å². The molecule has 2 aromatic heterocycles. The maximum absolute atomic E-state index is 12.8. The van der Waals surface area contributed by atoms with Gasteiger partial charge < -0.3 is 4.57 Å².